The Kier molecular flexibility index (Phi) is 4.02. The first-order valence-electron chi connectivity index (χ1n) is 6.25. The van der Waals surface area contributed by atoms with E-state index in [9.17, 15) is 0 Å². The van der Waals surface area contributed by atoms with Crippen LogP contribution in [0.5, 0.6) is 5.75 Å². The summed E-state index contributed by atoms with van der Waals surface area (Å²) in [5.41, 5.74) is 1.37. The molecule has 17 heavy (non-hydrogen) atoms. The molecule has 1 aliphatic heterocycles. The van der Waals surface area contributed by atoms with Crippen molar-refractivity contribution in [3.63, 3.8) is 0 Å². The number of ether oxygens (including phenoxy) is 1. The van der Waals surface area contributed by atoms with Crippen molar-refractivity contribution < 1.29 is 4.74 Å². The summed E-state index contributed by atoms with van der Waals surface area (Å²) in [4.78, 5) is 2.44. The molecule has 3 nitrogen and oxygen atoms in total. The van der Waals surface area contributed by atoms with Crippen LogP contribution >= 0.6 is 0 Å². The van der Waals surface area contributed by atoms with Crippen LogP contribution in [0.25, 0.3) is 0 Å². The number of nitrogens with one attached hydrogen (secondary N) is 1. The van der Waals surface area contributed by atoms with Crippen LogP contribution in [0.2, 0.25) is 0 Å². The van der Waals surface area contributed by atoms with Gasteiger partial charge in [0.25, 0.3) is 0 Å². The average molecular weight is 234 g/mol. The van der Waals surface area contributed by atoms with Gasteiger partial charge in [-0.05, 0) is 57.2 Å². The summed E-state index contributed by atoms with van der Waals surface area (Å²) in [6.07, 6.45) is 1.26. The van der Waals surface area contributed by atoms with E-state index in [0.29, 0.717) is 12.0 Å². The molecule has 2 unspecified atom stereocenters. The van der Waals surface area contributed by atoms with Crippen LogP contribution < -0.4 is 10.1 Å². The first kappa shape index (κ1) is 12.4. The lowest BCUT2D eigenvalue weighted by Gasteiger charge is -2.25. The third kappa shape index (κ3) is 2.61. The highest BCUT2D eigenvalue weighted by molar-refractivity contribution is 5.31. The Morgan fingerprint density at radius 3 is 3.00 bits per heavy atom. The van der Waals surface area contributed by atoms with Gasteiger partial charge >= 0.3 is 0 Å². The van der Waals surface area contributed by atoms with Gasteiger partial charge in [-0.2, -0.15) is 0 Å². The normalized spacial score (nSPS) is 25.1. The van der Waals surface area contributed by atoms with E-state index in [1.165, 1.54) is 18.5 Å². The third-order valence-corrected chi connectivity index (χ3v) is 3.68. The van der Waals surface area contributed by atoms with E-state index < -0.39 is 0 Å². The van der Waals surface area contributed by atoms with Crippen LogP contribution in [0.1, 0.15) is 18.0 Å². The van der Waals surface area contributed by atoms with Crippen LogP contribution in [0.3, 0.4) is 0 Å². The van der Waals surface area contributed by atoms with Crippen molar-refractivity contribution in [3.8, 4) is 5.75 Å². The fourth-order valence-corrected chi connectivity index (χ4v) is 2.85. The molecule has 0 bridgehead atoms. The molecule has 0 radical (unpaired) electrons. The number of nitrogens with zero attached hydrogens (tertiary/aromatic N) is 1. The fraction of sp³-hybridized carbons (Fsp3) is 0.571. The van der Waals surface area contributed by atoms with Gasteiger partial charge in [0.05, 0.1) is 7.11 Å². The average Bonchev–Trinajstić information content (AvgIpc) is 2.71. The molecule has 1 aromatic rings. The summed E-state index contributed by atoms with van der Waals surface area (Å²) >= 11 is 0. The first-order valence-corrected chi connectivity index (χ1v) is 6.25. The molecule has 3 heteroatoms. The minimum absolute atomic E-state index is 0.512. The number of hydrogen-bond acceptors (Lipinski definition) is 3. The maximum absolute atomic E-state index is 5.31. The van der Waals surface area contributed by atoms with Crippen molar-refractivity contribution >= 4 is 0 Å². The van der Waals surface area contributed by atoms with E-state index in [1.54, 1.807) is 7.11 Å². The minimum atomic E-state index is 0.512. The Balaban J connectivity index is 2.22. The second-order valence-electron chi connectivity index (χ2n) is 4.81. The maximum Gasteiger partial charge on any atom is 0.119 e. The Morgan fingerprint density at radius 2 is 2.29 bits per heavy atom. The zero-order chi connectivity index (χ0) is 12.3. The Hall–Kier alpha value is -1.06. The van der Waals surface area contributed by atoms with E-state index in [2.05, 4.69) is 35.5 Å². The molecule has 0 aromatic heterocycles. The Bertz CT molecular complexity index is 365. The molecule has 2 rings (SSSR count). The largest absolute Gasteiger partial charge is 0.497 e. The summed E-state index contributed by atoms with van der Waals surface area (Å²) in [6.45, 7) is 2.25. The smallest absolute Gasteiger partial charge is 0.119 e. The number of rotatable bonds is 4. The van der Waals surface area contributed by atoms with Gasteiger partial charge in [-0.3, -0.25) is 4.90 Å². The Labute approximate surface area is 104 Å². The van der Waals surface area contributed by atoms with Crippen molar-refractivity contribution in [2.75, 3.05) is 34.3 Å². The van der Waals surface area contributed by atoms with Crippen LogP contribution in [0.15, 0.2) is 24.3 Å². The molecule has 1 N–H and O–H groups in total. The molecule has 0 spiro atoms. The molecule has 1 saturated heterocycles. The predicted molar refractivity (Wildman–Crippen MR) is 70.4 cm³/mol. The van der Waals surface area contributed by atoms with E-state index in [0.717, 1.165) is 12.3 Å². The highest BCUT2D eigenvalue weighted by Gasteiger charge is 2.32. The molecule has 94 valence electrons. The van der Waals surface area contributed by atoms with Crippen molar-refractivity contribution in [3.05, 3.63) is 29.8 Å². The van der Waals surface area contributed by atoms with Gasteiger partial charge in [-0.15, -0.1) is 0 Å². The third-order valence-electron chi connectivity index (χ3n) is 3.68. The fourth-order valence-electron chi connectivity index (χ4n) is 2.85. The van der Waals surface area contributed by atoms with Crippen molar-refractivity contribution in [1.29, 1.82) is 0 Å². The summed E-state index contributed by atoms with van der Waals surface area (Å²) in [5.74, 6) is 1.64. The Morgan fingerprint density at radius 1 is 1.47 bits per heavy atom. The highest BCUT2D eigenvalue weighted by atomic mass is 16.5. The number of likely N-dealkylation sites (tertiary alicyclic amines) is 1. The predicted octanol–water partition coefficient (Wildman–Crippen LogP) is 1.91. The highest BCUT2D eigenvalue weighted by Crippen LogP contribution is 2.36. The van der Waals surface area contributed by atoms with Crippen molar-refractivity contribution in [2.45, 2.75) is 12.5 Å². The quantitative estimate of drug-likeness (QED) is 0.861. The number of benzene rings is 1. The van der Waals surface area contributed by atoms with E-state index in [1.807, 2.05) is 13.1 Å². The molecule has 0 aliphatic carbocycles. The standard InChI is InChI=1S/C14H22N2O/c1-15-10-12-7-8-16(2)14(12)11-5-4-6-13(9-11)17-3/h4-6,9,12,14-15H,7-8,10H2,1-3H3. The molecular formula is C14H22N2O. The first-order chi connectivity index (χ1) is 8.26. The molecule has 0 amide bonds. The molecule has 1 fully saturated rings. The monoisotopic (exact) mass is 234 g/mol. The summed E-state index contributed by atoms with van der Waals surface area (Å²) < 4.78 is 5.31. The molecule has 1 aliphatic rings. The van der Waals surface area contributed by atoms with Crippen LogP contribution in [0, 0.1) is 5.92 Å². The summed E-state index contributed by atoms with van der Waals surface area (Å²) in [5, 5.41) is 3.30. The summed E-state index contributed by atoms with van der Waals surface area (Å²) in [6, 6.07) is 8.97. The number of hydrogen-bond donors (Lipinski definition) is 1. The van der Waals surface area contributed by atoms with Crippen LogP contribution in [-0.2, 0) is 0 Å². The van der Waals surface area contributed by atoms with Gasteiger partial charge in [-0.1, -0.05) is 12.1 Å². The number of methoxy groups -OCH3 is 1. The second kappa shape index (κ2) is 5.52. The van der Waals surface area contributed by atoms with Crippen LogP contribution in [0.4, 0.5) is 0 Å². The van der Waals surface area contributed by atoms with E-state index >= 15 is 0 Å². The molecule has 2 atom stereocenters. The minimum Gasteiger partial charge on any atom is -0.497 e. The lowest BCUT2D eigenvalue weighted by molar-refractivity contribution is 0.273. The second-order valence-corrected chi connectivity index (χ2v) is 4.81. The zero-order valence-electron chi connectivity index (χ0n) is 10.9. The molecule has 1 aromatic carbocycles. The lowest BCUT2D eigenvalue weighted by Crippen LogP contribution is -2.26. The van der Waals surface area contributed by atoms with Gasteiger partial charge in [0.2, 0.25) is 0 Å². The molecular weight excluding hydrogens is 212 g/mol. The van der Waals surface area contributed by atoms with Gasteiger partial charge < -0.3 is 10.1 Å². The van der Waals surface area contributed by atoms with Gasteiger partial charge in [0.15, 0.2) is 0 Å². The van der Waals surface area contributed by atoms with Gasteiger partial charge in [0.1, 0.15) is 5.75 Å². The van der Waals surface area contributed by atoms with Crippen LogP contribution in [-0.4, -0.2) is 39.2 Å². The van der Waals surface area contributed by atoms with E-state index in [-0.39, 0.29) is 0 Å². The molecule has 0 saturated carbocycles. The van der Waals surface area contributed by atoms with Gasteiger partial charge in [-0.25, -0.2) is 0 Å². The maximum atomic E-state index is 5.31. The van der Waals surface area contributed by atoms with Crippen molar-refractivity contribution in [2.24, 2.45) is 5.92 Å². The summed E-state index contributed by atoms with van der Waals surface area (Å²) in [7, 11) is 5.96. The lowest BCUT2D eigenvalue weighted by atomic mass is 9.93. The van der Waals surface area contributed by atoms with E-state index in [4.69, 9.17) is 4.74 Å². The van der Waals surface area contributed by atoms with Gasteiger partial charge in [0, 0.05) is 6.04 Å². The SMILES string of the molecule is CNCC1CCN(C)C1c1cccc(OC)c1. The topological polar surface area (TPSA) is 24.5 Å². The molecule has 1 heterocycles. The zero-order valence-corrected chi connectivity index (χ0v) is 10.9. The van der Waals surface area contributed by atoms with Crippen molar-refractivity contribution in [1.82, 2.24) is 10.2 Å².